The van der Waals surface area contributed by atoms with Crippen LogP contribution in [0.5, 0.6) is 0 Å². The molecule has 0 spiro atoms. The Kier molecular flexibility index (Phi) is 4.04. The fourth-order valence-corrected chi connectivity index (χ4v) is 1.47. The third kappa shape index (κ3) is 2.30. The highest BCUT2D eigenvalue weighted by Crippen LogP contribution is 2.25. The van der Waals surface area contributed by atoms with Gasteiger partial charge in [-0.3, -0.25) is 0 Å². The van der Waals surface area contributed by atoms with Crippen LogP contribution in [-0.2, 0) is 4.79 Å². The first-order valence-corrected chi connectivity index (χ1v) is 4.67. The predicted molar refractivity (Wildman–Crippen MR) is 53.9 cm³/mol. The van der Waals surface area contributed by atoms with Gasteiger partial charge in [-0.15, -0.1) is 0 Å². The van der Waals surface area contributed by atoms with E-state index >= 15 is 0 Å². The van der Waals surface area contributed by atoms with Gasteiger partial charge in [-0.1, -0.05) is 23.7 Å². The summed E-state index contributed by atoms with van der Waals surface area (Å²) in [5.74, 6) is -1.03. The van der Waals surface area contributed by atoms with Crippen molar-refractivity contribution in [3.63, 3.8) is 0 Å². The summed E-state index contributed by atoms with van der Waals surface area (Å²) >= 11 is 5.59. The zero-order valence-electron chi connectivity index (χ0n) is 7.54. The Hall–Kier alpha value is -0.930. The standard InChI is InChI=1S/C10H11ClFNO/c11-9-3-1-2-8(10(9)12)7(6-14)4-5-13/h1-3,6-7H,4-5,13H2/t7-/m0/s1. The van der Waals surface area contributed by atoms with Crippen LogP contribution in [0, 0.1) is 5.82 Å². The van der Waals surface area contributed by atoms with Crippen molar-refractivity contribution >= 4 is 17.9 Å². The molecule has 0 saturated carbocycles. The zero-order chi connectivity index (χ0) is 10.6. The minimum Gasteiger partial charge on any atom is -0.330 e. The molecule has 1 aromatic rings. The summed E-state index contributed by atoms with van der Waals surface area (Å²) in [5, 5.41) is 0.0337. The van der Waals surface area contributed by atoms with E-state index in [1.54, 1.807) is 12.1 Å². The van der Waals surface area contributed by atoms with Crippen LogP contribution in [0.4, 0.5) is 4.39 Å². The van der Waals surface area contributed by atoms with Gasteiger partial charge >= 0.3 is 0 Å². The maximum absolute atomic E-state index is 13.4. The monoisotopic (exact) mass is 215 g/mol. The van der Waals surface area contributed by atoms with Crippen LogP contribution in [-0.4, -0.2) is 12.8 Å². The first-order chi connectivity index (χ1) is 6.70. The Balaban J connectivity index is 3.03. The molecule has 76 valence electrons. The quantitative estimate of drug-likeness (QED) is 0.782. The van der Waals surface area contributed by atoms with E-state index in [1.165, 1.54) is 6.07 Å². The number of hydrogen-bond acceptors (Lipinski definition) is 2. The van der Waals surface area contributed by atoms with Crippen LogP contribution in [0.1, 0.15) is 17.9 Å². The lowest BCUT2D eigenvalue weighted by atomic mass is 9.97. The minimum atomic E-state index is -0.528. The van der Waals surface area contributed by atoms with Crippen LogP contribution < -0.4 is 5.73 Å². The maximum atomic E-state index is 13.4. The molecule has 0 heterocycles. The van der Waals surface area contributed by atoms with E-state index in [0.717, 1.165) is 0 Å². The van der Waals surface area contributed by atoms with E-state index in [9.17, 15) is 9.18 Å². The molecular weight excluding hydrogens is 205 g/mol. The van der Waals surface area contributed by atoms with Crippen molar-refractivity contribution in [3.05, 3.63) is 34.6 Å². The van der Waals surface area contributed by atoms with Gasteiger partial charge in [0, 0.05) is 5.92 Å². The van der Waals surface area contributed by atoms with Crippen LogP contribution in [0.25, 0.3) is 0 Å². The van der Waals surface area contributed by atoms with Gasteiger partial charge in [-0.25, -0.2) is 4.39 Å². The summed E-state index contributed by atoms with van der Waals surface area (Å²) in [6.07, 6.45) is 1.13. The molecular formula is C10H11ClFNO. The summed E-state index contributed by atoms with van der Waals surface area (Å²) in [6.45, 7) is 0.343. The van der Waals surface area contributed by atoms with E-state index in [1.807, 2.05) is 0 Å². The molecule has 1 aromatic carbocycles. The number of benzene rings is 1. The van der Waals surface area contributed by atoms with Crippen molar-refractivity contribution in [3.8, 4) is 0 Å². The largest absolute Gasteiger partial charge is 0.330 e. The smallest absolute Gasteiger partial charge is 0.145 e. The molecule has 4 heteroatoms. The Bertz CT molecular complexity index is 330. The molecule has 0 aliphatic rings. The molecule has 1 rings (SSSR count). The number of carbonyl (C=O) groups excluding carboxylic acids is 1. The molecule has 0 aliphatic heterocycles. The fraction of sp³-hybridized carbons (Fsp3) is 0.300. The van der Waals surface area contributed by atoms with Gasteiger partial charge in [-0.05, 0) is 24.6 Å². The minimum absolute atomic E-state index is 0.0337. The molecule has 2 N–H and O–H groups in total. The summed E-state index contributed by atoms with van der Waals surface area (Å²) in [5.41, 5.74) is 5.63. The number of nitrogens with two attached hydrogens (primary N) is 1. The SMILES string of the molecule is NCC[C@@H](C=O)c1cccc(Cl)c1F. The van der Waals surface area contributed by atoms with E-state index in [4.69, 9.17) is 17.3 Å². The van der Waals surface area contributed by atoms with Gasteiger partial charge in [0.1, 0.15) is 12.1 Å². The van der Waals surface area contributed by atoms with Crippen LogP contribution in [0.15, 0.2) is 18.2 Å². The third-order valence-corrected chi connectivity index (χ3v) is 2.31. The second-order valence-corrected chi connectivity index (χ2v) is 3.37. The van der Waals surface area contributed by atoms with E-state index < -0.39 is 11.7 Å². The summed E-state index contributed by atoms with van der Waals surface area (Å²) in [7, 11) is 0. The average molecular weight is 216 g/mol. The first kappa shape index (κ1) is 11.1. The van der Waals surface area contributed by atoms with Gasteiger partial charge in [0.05, 0.1) is 5.02 Å². The molecule has 2 nitrogen and oxygen atoms in total. The molecule has 14 heavy (non-hydrogen) atoms. The lowest BCUT2D eigenvalue weighted by molar-refractivity contribution is -0.109. The fourth-order valence-electron chi connectivity index (χ4n) is 1.28. The Morgan fingerprint density at radius 1 is 1.57 bits per heavy atom. The van der Waals surface area contributed by atoms with Crippen molar-refractivity contribution in [1.29, 1.82) is 0 Å². The summed E-state index contributed by atoms with van der Waals surface area (Å²) in [4.78, 5) is 10.7. The number of rotatable bonds is 4. The van der Waals surface area contributed by atoms with Crippen molar-refractivity contribution in [2.45, 2.75) is 12.3 Å². The molecule has 0 amide bonds. The number of aldehydes is 1. The summed E-state index contributed by atoms with van der Waals surface area (Å²) in [6, 6.07) is 4.62. The molecule has 1 atom stereocenters. The van der Waals surface area contributed by atoms with Crippen LogP contribution in [0.3, 0.4) is 0 Å². The van der Waals surface area contributed by atoms with E-state index in [2.05, 4.69) is 0 Å². The van der Waals surface area contributed by atoms with E-state index in [0.29, 0.717) is 24.8 Å². The Morgan fingerprint density at radius 3 is 2.86 bits per heavy atom. The predicted octanol–water partition coefficient (Wildman–Crippen LogP) is 2.11. The van der Waals surface area contributed by atoms with Gasteiger partial charge in [-0.2, -0.15) is 0 Å². The molecule has 0 saturated heterocycles. The van der Waals surface area contributed by atoms with E-state index in [-0.39, 0.29) is 5.02 Å². The normalized spacial score (nSPS) is 12.5. The second kappa shape index (κ2) is 5.08. The van der Waals surface area contributed by atoms with Crippen molar-refractivity contribution in [1.82, 2.24) is 0 Å². The van der Waals surface area contributed by atoms with Crippen molar-refractivity contribution in [2.75, 3.05) is 6.54 Å². The van der Waals surface area contributed by atoms with Gasteiger partial charge < -0.3 is 10.5 Å². The molecule has 0 radical (unpaired) electrons. The van der Waals surface area contributed by atoms with Crippen molar-refractivity contribution < 1.29 is 9.18 Å². The average Bonchev–Trinajstić information content (AvgIpc) is 2.19. The lowest BCUT2D eigenvalue weighted by Crippen LogP contribution is -2.10. The van der Waals surface area contributed by atoms with Gasteiger partial charge in [0.2, 0.25) is 0 Å². The Labute approximate surface area is 86.9 Å². The topological polar surface area (TPSA) is 43.1 Å². The summed E-state index contributed by atoms with van der Waals surface area (Å²) < 4.78 is 13.4. The highest BCUT2D eigenvalue weighted by Gasteiger charge is 2.15. The lowest BCUT2D eigenvalue weighted by Gasteiger charge is -2.10. The molecule has 0 unspecified atom stereocenters. The third-order valence-electron chi connectivity index (χ3n) is 2.02. The Morgan fingerprint density at radius 2 is 2.29 bits per heavy atom. The molecule has 0 aliphatic carbocycles. The maximum Gasteiger partial charge on any atom is 0.145 e. The number of hydrogen-bond donors (Lipinski definition) is 1. The van der Waals surface area contributed by atoms with Crippen molar-refractivity contribution in [2.24, 2.45) is 5.73 Å². The highest BCUT2D eigenvalue weighted by molar-refractivity contribution is 6.30. The number of halogens is 2. The number of carbonyl (C=O) groups is 1. The first-order valence-electron chi connectivity index (χ1n) is 4.30. The molecule has 0 bridgehead atoms. The van der Waals surface area contributed by atoms with Crippen LogP contribution in [0.2, 0.25) is 5.02 Å². The van der Waals surface area contributed by atoms with Gasteiger partial charge in [0.15, 0.2) is 0 Å². The zero-order valence-corrected chi connectivity index (χ0v) is 8.30. The second-order valence-electron chi connectivity index (χ2n) is 2.96. The van der Waals surface area contributed by atoms with Gasteiger partial charge in [0.25, 0.3) is 0 Å². The highest BCUT2D eigenvalue weighted by atomic mass is 35.5. The van der Waals surface area contributed by atoms with Crippen LogP contribution >= 0.6 is 11.6 Å². The molecule has 0 aromatic heterocycles. The molecule has 0 fully saturated rings.